The van der Waals surface area contributed by atoms with Crippen molar-refractivity contribution in [1.29, 1.82) is 0 Å². The van der Waals surface area contributed by atoms with Crippen LogP contribution < -0.4 is 0 Å². The molecular weight excluding hydrogens is 270 g/mol. The number of hydrogen-bond acceptors (Lipinski definition) is 5. The lowest BCUT2D eigenvalue weighted by Crippen LogP contribution is -2.50. The van der Waals surface area contributed by atoms with Gasteiger partial charge in [0.1, 0.15) is 5.60 Å². The second kappa shape index (κ2) is 5.28. The summed E-state index contributed by atoms with van der Waals surface area (Å²) in [5, 5.41) is 0. The van der Waals surface area contributed by atoms with E-state index in [9.17, 15) is 13.2 Å². The third kappa shape index (κ3) is 4.99. The normalized spacial score (nSPS) is 24.6. The third-order valence-corrected chi connectivity index (χ3v) is 3.49. The first kappa shape index (κ1) is 16.2. The molecule has 0 aliphatic carbocycles. The van der Waals surface area contributed by atoms with Gasteiger partial charge in [-0.05, 0) is 40.5 Å². The second-order valence-corrected chi connectivity index (χ2v) is 7.84. The van der Waals surface area contributed by atoms with Crippen molar-refractivity contribution >= 4 is 16.2 Å². The van der Waals surface area contributed by atoms with E-state index in [4.69, 9.17) is 8.92 Å². The molecule has 0 saturated carbocycles. The van der Waals surface area contributed by atoms with Crippen LogP contribution in [0, 0.1) is 0 Å². The summed E-state index contributed by atoms with van der Waals surface area (Å²) in [6, 6.07) is 0. The molecule has 0 radical (unpaired) electrons. The number of likely N-dealkylation sites (tertiary alicyclic amines) is 1. The van der Waals surface area contributed by atoms with Gasteiger partial charge in [-0.3, -0.25) is 4.18 Å². The summed E-state index contributed by atoms with van der Waals surface area (Å²) >= 11 is 0. The zero-order chi connectivity index (χ0) is 14.9. The number of rotatable bonds is 3. The SMILES string of the molecule is CC(C)(C)OC(=O)N1CCC[C@@]1(C)COS(C)(=O)=O. The van der Waals surface area contributed by atoms with Gasteiger partial charge in [-0.15, -0.1) is 0 Å². The molecule has 1 aliphatic heterocycles. The lowest BCUT2D eigenvalue weighted by Gasteiger charge is -2.35. The van der Waals surface area contributed by atoms with E-state index in [0.29, 0.717) is 13.0 Å². The van der Waals surface area contributed by atoms with E-state index in [2.05, 4.69) is 0 Å². The molecule has 7 heteroatoms. The molecule has 0 aromatic carbocycles. The lowest BCUT2D eigenvalue weighted by atomic mass is 10.0. The molecule has 0 N–H and O–H groups in total. The monoisotopic (exact) mass is 293 g/mol. The average molecular weight is 293 g/mol. The predicted molar refractivity (Wildman–Crippen MR) is 71.4 cm³/mol. The highest BCUT2D eigenvalue weighted by molar-refractivity contribution is 7.85. The molecule has 1 saturated heterocycles. The van der Waals surface area contributed by atoms with Crippen LogP contribution in [0.2, 0.25) is 0 Å². The minimum Gasteiger partial charge on any atom is -0.444 e. The zero-order valence-corrected chi connectivity index (χ0v) is 13.0. The highest BCUT2D eigenvalue weighted by Crippen LogP contribution is 2.31. The van der Waals surface area contributed by atoms with Crippen LogP contribution in [0.25, 0.3) is 0 Å². The van der Waals surface area contributed by atoms with Gasteiger partial charge in [0.25, 0.3) is 10.1 Å². The van der Waals surface area contributed by atoms with Gasteiger partial charge in [-0.1, -0.05) is 0 Å². The van der Waals surface area contributed by atoms with Crippen molar-refractivity contribution in [3.05, 3.63) is 0 Å². The third-order valence-electron chi connectivity index (χ3n) is 2.95. The molecular formula is C12H23NO5S. The van der Waals surface area contributed by atoms with Crippen LogP contribution in [0.5, 0.6) is 0 Å². The van der Waals surface area contributed by atoms with E-state index >= 15 is 0 Å². The lowest BCUT2D eigenvalue weighted by molar-refractivity contribution is 0.00285. The first-order valence-corrected chi connectivity index (χ1v) is 8.10. The minimum absolute atomic E-state index is 0.0366. The molecule has 1 rings (SSSR count). The molecule has 1 heterocycles. The van der Waals surface area contributed by atoms with Crippen molar-refractivity contribution in [2.24, 2.45) is 0 Å². The Morgan fingerprint density at radius 1 is 1.37 bits per heavy atom. The Morgan fingerprint density at radius 3 is 2.42 bits per heavy atom. The van der Waals surface area contributed by atoms with Crippen LogP contribution in [-0.2, 0) is 19.0 Å². The second-order valence-electron chi connectivity index (χ2n) is 6.20. The van der Waals surface area contributed by atoms with Crippen molar-refractivity contribution in [2.75, 3.05) is 19.4 Å². The zero-order valence-electron chi connectivity index (χ0n) is 12.2. The highest BCUT2D eigenvalue weighted by atomic mass is 32.2. The maximum Gasteiger partial charge on any atom is 0.410 e. The Morgan fingerprint density at radius 2 is 1.95 bits per heavy atom. The van der Waals surface area contributed by atoms with Crippen molar-refractivity contribution in [1.82, 2.24) is 4.90 Å². The quantitative estimate of drug-likeness (QED) is 0.741. The highest BCUT2D eigenvalue weighted by Gasteiger charge is 2.42. The Balaban J connectivity index is 2.74. The van der Waals surface area contributed by atoms with E-state index in [1.54, 1.807) is 25.7 Å². The van der Waals surface area contributed by atoms with Gasteiger partial charge in [0, 0.05) is 6.54 Å². The van der Waals surface area contributed by atoms with Crippen molar-refractivity contribution in [3.63, 3.8) is 0 Å². The molecule has 19 heavy (non-hydrogen) atoms. The summed E-state index contributed by atoms with van der Waals surface area (Å²) < 4.78 is 32.3. The fraction of sp³-hybridized carbons (Fsp3) is 0.917. The molecule has 0 bridgehead atoms. The molecule has 0 spiro atoms. The molecule has 0 aromatic rings. The van der Waals surface area contributed by atoms with Crippen LogP contribution in [0.4, 0.5) is 4.79 Å². The molecule has 0 aromatic heterocycles. The summed E-state index contributed by atoms with van der Waals surface area (Å²) in [6.07, 6.45) is 2.08. The van der Waals surface area contributed by atoms with E-state index in [1.807, 2.05) is 6.92 Å². The van der Waals surface area contributed by atoms with E-state index in [1.165, 1.54) is 0 Å². The number of carbonyl (C=O) groups excluding carboxylic acids is 1. The van der Waals surface area contributed by atoms with Gasteiger partial charge in [0.05, 0.1) is 18.4 Å². The summed E-state index contributed by atoms with van der Waals surface area (Å²) in [7, 11) is -3.51. The van der Waals surface area contributed by atoms with Gasteiger partial charge in [-0.25, -0.2) is 4.79 Å². The molecule has 0 unspecified atom stereocenters. The van der Waals surface area contributed by atoms with Crippen LogP contribution in [0.15, 0.2) is 0 Å². The Labute approximate surface area is 115 Å². The van der Waals surface area contributed by atoms with Gasteiger partial charge in [0.2, 0.25) is 0 Å². The number of ether oxygens (including phenoxy) is 1. The number of amides is 1. The number of nitrogens with zero attached hydrogens (tertiary/aromatic N) is 1. The van der Waals surface area contributed by atoms with Gasteiger partial charge in [-0.2, -0.15) is 8.42 Å². The van der Waals surface area contributed by atoms with Crippen molar-refractivity contribution in [2.45, 2.75) is 51.7 Å². The maximum absolute atomic E-state index is 12.1. The maximum atomic E-state index is 12.1. The Hall–Kier alpha value is -0.820. The van der Waals surface area contributed by atoms with E-state index in [-0.39, 0.29) is 6.61 Å². The fourth-order valence-electron chi connectivity index (χ4n) is 2.04. The smallest absolute Gasteiger partial charge is 0.410 e. The van der Waals surface area contributed by atoms with Crippen LogP contribution >= 0.6 is 0 Å². The number of carbonyl (C=O) groups is 1. The summed E-state index contributed by atoms with van der Waals surface area (Å²) in [5.74, 6) is 0. The average Bonchev–Trinajstić information content (AvgIpc) is 2.55. The number of hydrogen-bond donors (Lipinski definition) is 0. The van der Waals surface area contributed by atoms with Gasteiger partial charge in [0.15, 0.2) is 0 Å². The van der Waals surface area contributed by atoms with Crippen LogP contribution in [0.3, 0.4) is 0 Å². The van der Waals surface area contributed by atoms with Crippen LogP contribution in [-0.4, -0.2) is 50.0 Å². The topological polar surface area (TPSA) is 72.9 Å². The molecule has 1 atom stereocenters. The Kier molecular flexibility index (Phi) is 4.51. The summed E-state index contributed by atoms with van der Waals surface area (Å²) in [4.78, 5) is 13.7. The summed E-state index contributed by atoms with van der Waals surface area (Å²) in [6.45, 7) is 7.72. The van der Waals surface area contributed by atoms with E-state index in [0.717, 1.165) is 12.7 Å². The predicted octanol–water partition coefficient (Wildman–Crippen LogP) is 1.75. The van der Waals surface area contributed by atoms with Crippen molar-refractivity contribution in [3.8, 4) is 0 Å². The molecule has 1 amide bonds. The Bertz CT molecular complexity index is 440. The van der Waals surface area contributed by atoms with Crippen LogP contribution in [0.1, 0.15) is 40.5 Å². The van der Waals surface area contributed by atoms with Gasteiger partial charge < -0.3 is 9.64 Å². The standard InChI is InChI=1S/C12H23NO5S/c1-11(2,3)18-10(14)13-8-6-7-12(13,4)9-17-19(5,15)16/h6-9H2,1-5H3/t12-/m0/s1. The first-order valence-electron chi connectivity index (χ1n) is 6.28. The van der Waals surface area contributed by atoms with E-state index < -0.39 is 27.4 Å². The first-order chi connectivity index (χ1) is 8.43. The minimum atomic E-state index is -3.51. The molecule has 1 fully saturated rings. The fourth-order valence-corrected chi connectivity index (χ4v) is 2.50. The summed E-state index contributed by atoms with van der Waals surface area (Å²) in [5.41, 5.74) is -1.20. The van der Waals surface area contributed by atoms with Gasteiger partial charge >= 0.3 is 6.09 Å². The molecule has 1 aliphatic rings. The molecule has 112 valence electrons. The largest absolute Gasteiger partial charge is 0.444 e. The molecule has 6 nitrogen and oxygen atoms in total. The van der Waals surface area contributed by atoms with Crippen molar-refractivity contribution < 1.29 is 22.1 Å².